The largest absolute Gasteiger partial charge is 0.494 e. The van der Waals surface area contributed by atoms with E-state index in [0.29, 0.717) is 0 Å². The molecule has 0 aliphatic carbocycles. The average Bonchev–Trinajstić information content (AvgIpc) is 2.75. The van der Waals surface area contributed by atoms with Crippen LogP contribution >= 0.6 is 0 Å². The highest BCUT2D eigenvalue weighted by molar-refractivity contribution is 7.81. The van der Waals surface area contributed by atoms with E-state index in [4.69, 9.17) is 31.7 Å². The predicted octanol–water partition coefficient (Wildman–Crippen LogP) is -0.0347. The van der Waals surface area contributed by atoms with E-state index in [1.807, 2.05) is 0 Å². The molecule has 0 bridgehead atoms. The first-order valence-electron chi connectivity index (χ1n) is 8.92. The van der Waals surface area contributed by atoms with Gasteiger partial charge in [-0.15, -0.1) is 0 Å². The Balaban J connectivity index is 3.36. The zero-order valence-electron chi connectivity index (χ0n) is 17.2. The third kappa shape index (κ3) is 9.81. The fraction of sp³-hybridized carbons (Fsp3) is 0.333. The average molecular weight is 512 g/mol. The number of nitriles is 2. The van der Waals surface area contributed by atoms with Crippen molar-refractivity contribution < 1.29 is 43.8 Å². The molecule has 1 aromatic carbocycles. The Bertz CT molecular complexity index is 1270. The molecule has 0 aliphatic rings. The van der Waals surface area contributed by atoms with Gasteiger partial charge in [0.25, 0.3) is 11.4 Å². The van der Waals surface area contributed by atoms with Gasteiger partial charge in [-0.3, -0.25) is 9.11 Å². The van der Waals surface area contributed by atoms with E-state index in [0.717, 1.165) is 0 Å². The lowest BCUT2D eigenvalue weighted by Gasteiger charge is -2.12. The Kier molecular flexibility index (Phi) is 10.9. The van der Waals surface area contributed by atoms with Crippen LogP contribution in [0.1, 0.15) is 12.8 Å². The van der Waals surface area contributed by atoms with E-state index < -0.39 is 45.4 Å². The summed E-state index contributed by atoms with van der Waals surface area (Å²) in [5, 5.41) is 18.4. The molecule has 0 saturated heterocycles. The third-order valence-corrected chi connectivity index (χ3v) is 4.51. The topological polar surface area (TPSA) is 202 Å². The second kappa shape index (κ2) is 13.1. The molecule has 0 heterocycles. The summed E-state index contributed by atoms with van der Waals surface area (Å²) in [6, 6.07) is 5.71. The zero-order chi connectivity index (χ0) is 25.8. The summed E-state index contributed by atoms with van der Waals surface area (Å²) in [6.45, 7) is 13.1. The molecular weight excluding hydrogens is 496 g/mol. The highest BCUT2D eigenvalue weighted by Crippen LogP contribution is 2.13. The first-order chi connectivity index (χ1) is 16.0. The van der Waals surface area contributed by atoms with Crippen molar-refractivity contribution in [2.24, 2.45) is 0 Å². The van der Waals surface area contributed by atoms with Crippen LogP contribution in [0, 0.1) is 35.8 Å². The summed E-state index contributed by atoms with van der Waals surface area (Å²) < 4.78 is 78.7. The molecule has 2 N–H and O–H groups in total. The minimum atomic E-state index is -4.64. The number of ether oxygens (including phenoxy) is 2. The van der Waals surface area contributed by atoms with Gasteiger partial charge in [0.1, 0.15) is 11.5 Å². The number of nitrogens with zero attached hydrogens (tertiary/aromatic N) is 4. The van der Waals surface area contributed by atoms with Crippen LogP contribution in [0.4, 0.5) is 0 Å². The number of rotatable bonds is 12. The second-order valence-corrected chi connectivity index (χ2v) is 8.07. The SMILES string of the molecule is [C-]#[N+]/C(C#N)=c1/cc(OCCCOS(=O)(=O)O)/c(=C(\C#N)[N+]#[C-])cc1OCCCOS(=O)(=O)O. The van der Waals surface area contributed by atoms with Crippen molar-refractivity contribution >= 4 is 32.2 Å². The number of benzene rings is 1. The lowest BCUT2D eigenvalue weighted by atomic mass is 10.1. The van der Waals surface area contributed by atoms with Gasteiger partial charge in [-0.05, 0) is 12.1 Å². The van der Waals surface area contributed by atoms with Gasteiger partial charge in [0, 0.05) is 23.3 Å². The van der Waals surface area contributed by atoms with Crippen LogP contribution < -0.4 is 19.9 Å². The highest BCUT2D eigenvalue weighted by atomic mass is 32.3. The molecule has 0 spiro atoms. The Labute approximate surface area is 195 Å². The lowest BCUT2D eigenvalue weighted by molar-refractivity contribution is 0.224. The van der Waals surface area contributed by atoms with Crippen LogP contribution in [0.5, 0.6) is 11.5 Å². The molecule has 1 rings (SSSR count). The number of hydrogen-bond donors (Lipinski definition) is 2. The van der Waals surface area contributed by atoms with Gasteiger partial charge in [-0.25, -0.2) is 28.6 Å². The molecule has 1 aromatic rings. The Hall–Kier alpha value is -3.74. The van der Waals surface area contributed by atoms with Crippen LogP contribution in [0.25, 0.3) is 21.1 Å². The van der Waals surface area contributed by atoms with E-state index in [1.54, 1.807) is 12.1 Å². The van der Waals surface area contributed by atoms with Crippen LogP contribution in [0.2, 0.25) is 0 Å². The molecule has 0 unspecified atom stereocenters. The van der Waals surface area contributed by atoms with Crippen molar-refractivity contribution in [3.63, 3.8) is 0 Å². The van der Waals surface area contributed by atoms with E-state index in [1.165, 1.54) is 12.1 Å². The first kappa shape index (κ1) is 28.3. The summed E-state index contributed by atoms with van der Waals surface area (Å²) in [7, 11) is -9.28. The normalized spacial score (nSPS) is 12.9. The maximum absolute atomic E-state index is 10.6. The van der Waals surface area contributed by atoms with Gasteiger partial charge in [0.05, 0.1) is 51.7 Å². The van der Waals surface area contributed by atoms with Crippen molar-refractivity contribution in [1.29, 1.82) is 10.5 Å². The molecule has 0 aliphatic heterocycles. The number of hydrogen-bond acceptors (Lipinski definition) is 10. The highest BCUT2D eigenvalue weighted by Gasteiger charge is 2.12. The summed E-state index contributed by atoms with van der Waals surface area (Å²) in [6.07, 6.45) is -0.0593. The summed E-state index contributed by atoms with van der Waals surface area (Å²) in [5.41, 5.74) is -0.840. The van der Waals surface area contributed by atoms with Gasteiger partial charge in [-0.1, -0.05) is 0 Å². The smallest absolute Gasteiger partial charge is 0.397 e. The monoisotopic (exact) mass is 512 g/mol. The predicted molar refractivity (Wildman–Crippen MR) is 112 cm³/mol. The first-order valence-corrected chi connectivity index (χ1v) is 11.7. The quantitative estimate of drug-likeness (QED) is 0.215. The van der Waals surface area contributed by atoms with Gasteiger partial charge in [0.15, 0.2) is 0 Å². The van der Waals surface area contributed by atoms with Crippen LogP contribution in [0.3, 0.4) is 0 Å². The van der Waals surface area contributed by atoms with E-state index in [2.05, 4.69) is 18.1 Å². The van der Waals surface area contributed by atoms with Crippen LogP contribution in [-0.4, -0.2) is 52.4 Å². The molecule has 0 fully saturated rings. The fourth-order valence-corrected chi connectivity index (χ4v) is 2.93. The van der Waals surface area contributed by atoms with Gasteiger partial charge in [-0.2, -0.15) is 16.8 Å². The molecule has 180 valence electrons. The molecule has 0 saturated carbocycles. The third-order valence-electron chi connectivity index (χ3n) is 3.58. The fourth-order valence-electron chi connectivity index (χ4n) is 2.27. The summed E-state index contributed by atoms with van der Waals surface area (Å²) >= 11 is 0. The molecule has 0 radical (unpaired) electrons. The summed E-state index contributed by atoms with van der Waals surface area (Å²) in [5.74, 6) is -0.180. The molecule has 0 atom stereocenters. The van der Waals surface area contributed by atoms with Crippen LogP contribution in [-0.2, 0) is 29.2 Å². The molecular formula is C18H16N4O10S2. The molecule has 16 heteroatoms. The van der Waals surface area contributed by atoms with Crippen molar-refractivity contribution in [2.45, 2.75) is 12.8 Å². The Morgan fingerprint density at radius 1 is 0.794 bits per heavy atom. The van der Waals surface area contributed by atoms with E-state index >= 15 is 0 Å². The van der Waals surface area contributed by atoms with E-state index in [9.17, 15) is 27.4 Å². The Morgan fingerprint density at radius 3 is 1.41 bits per heavy atom. The minimum Gasteiger partial charge on any atom is -0.494 e. The molecule has 14 nitrogen and oxygen atoms in total. The van der Waals surface area contributed by atoms with Gasteiger partial charge in [0.2, 0.25) is 0 Å². The van der Waals surface area contributed by atoms with Crippen molar-refractivity contribution in [3.8, 4) is 23.6 Å². The Morgan fingerprint density at radius 2 is 1.15 bits per heavy atom. The van der Waals surface area contributed by atoms with E-state index in [-0.39, 0.29) is 48.0 Å². The second-order valence-electron chi connectivity index (χ2n) is 5.89. The summed E-state index contributed by atoms with van der Waals surface area (Å²) in [4.78, 5) is 6.19. The van der Waals surface area contributed by atoms with Crippen molar-refractivity contribution in [1.82, 2.24) is 0 Å². The minimum absolute atomic E-state index is 0.0296. The van der Waals surface area contributed by atoms with Crippen molar-refractivity contribution in [2.75, 3.05) is 26.4 Å². The standard InChI is InChI=1S/C18H16N4O10S2/c1-21-15(11-19)13-9-18(30-6-4-8-32-34(26,27)28)14(16(12-20)22-2)10-17(13)29-5-3-7-31-33(23,24)25/h9-10H,3-8H2,(H,23,24,25)(H,26,27,28)/b15-13-,16-14+. The van der Waals surface area contributed by atoms with Gasteiger partial charge >= 0.3 is 20.8 Å². The lowest BCUT2D eigenvalue weighted by Crippen LogP contribution is -2.21. The maximum Gasteiger partial charge on any atom is 0.397 e. The molecule has 0 amide bonds. The molecule has 0 aromatic heterocycles. The van der Waals surface area contributed by atoms with Gasteiger partial charge < -0.3 is 9.47 Å². The van der Waals surface area contributed by atoms with Crippen molar-refractivity contribution in [3.05, 3.63) is 45.4 Å². The molecule has 34 heavy (non-hydrogen) atoms. The zero-order valence-corrected chi connectivity index (χ0v) is 18.8. The maximum atomic E-state index is 10.6. The van der Waals surface area contributed by atoms with Crippen LogP contribution in [0.15, 0.2) is 12.1 Å².